The summed E-state index contributed by atoms with van der Waals surface area (Å²) in [4.78, 5) is 9.95. The summed E-state index contributed by atoms with van der Waals surface area (Å²) in [6.07, 6.45) is 5.65. The standard InChI is InChI=1S/C23H36N4O.HI/c1-2-24-23(27-17-21-5-3-4-6-22(21)18-27)25-15-19-7-9-20(10-8-19)16-26-11-13-28-14-12-26;/h7-10,21-22H,2-6,11-18H2,1H3,(H,24,25);1H. The summed E-state index contributed by atoms with van der Waals surface area (Å²) >= 11 is 0. The minimum Gasteiger partial charge on any atom is -0.379 e. The van der Waals surface area contributed by atoms with Crippen molar-refractivity contribution in [1.82, 2.24) is 15.1 Å². The van der Waals surface area contributed by atoms with Crippen LogP contribution in [0.1, 0.15) is 43.7 Å². The Morgan fingerprint density at radius 3 is 2.28 bits per heavy atom. The van der Waals surface area contributed by atoms with Gasteiger partial charge < -0.3 is 15.0 Å². The van der Waals surface area contributed by atoms with Gasteiger partial charge in [0.15, 0.2) is 5.96 Å². The van der Waals surface area contributed by atoms with Crippen molar-refractivity contribution in [3.63, 3.8) is 0 Å². The topological polar surface area (TPSA) is 40.1 Å². The zero-order valence-corrected chi connectivity index (χ0v) is 20.1. The third kappa shape index (κ3) is 6.31. The van der Waals surface area contributed by atoms with E-state index in [4.69, 9.17) is 9.73 Å². The number of nitrogens with one attached hydrogen (secondary N) is 1. The lowest BCUT2D eigenvalue weighted by molar-refractivity contribution is 0.0342. The monoisotopic (exact) mass is 512 g/mol. The quantitative estimate of drug-likeness (QED) is 0.371. The first-order valence-electron chi connectivity index (χ1n) is 11.2. The van der Waals surface area contributed by atoms with Gasteiger partial charge in [-0.1, -0.05) is 37.1 Å². The molecule has 29 heavy (non-hydrogen) atoms. The third-order valence-corrected chi connectivity index (χ3v) is 6.55. The number of guanidine groups is 1. The number of hydrogen-bond donors (Lipinski definition) is 1. The average molecular weight is 512 g/mol. The second-order valence-corrected chi connectivity index (χ2v) is 8.58. The number of rotatable bonds is 5. The molecule has 2 saturated heterocycles. The molecule has 3 fully saturated rings. The molecule has 0 amide bonds. The van der Waals surface area contributed by atoms with Gasteiger partial charge in [0.25, 0.3) is 0 Å². The Labute approximate surface area is 193 Å². The normalized spacial score (nSPS) is 25.4. The van der Waals surface area contributed by atoms with Gasteiger partial charge in [-0.2, -0.15) is 0 Å². The third-order valence-electron chi connectivity index (χ3n) is 6.55. The number of morpholine rings is 1. The van der Waals surface area contributed by atoms with Crippen molar-refractivity contribution in [3.05, 3.63) is 35.4 Å². The molecule has 2 aliphatic heterocycles. The highest BCUT2D eigenvalue weighted by Gasteiger charge is 2.35. The Morgan fingerprint density at radius 2 is 1.66 bits per heavy atom. The summed E-state index contributed by atoms with van der Waals surface area (Å²) in [5.74, 6) is 2.88. The van der Waals surface area contributed by atoms with E-state index in [1.54, 1.807) is 0 Å². The minimum atomic E-state index is 0. The van der Waals surface area contributed by atoms with Crippen LogP contribution in [-0.4, -0.2) is 61.7 Å². The van der Waals surface area contributed by atoms with Crippen LogP contribution in [0, 0.1) is 11.8 Å². The molecular formula is C23H37IN4O. The number of hydrogen-bond acceptors (Lipinski definition) is 3. The second-order valence-electron chi connectivity index (χ2n) is 8.58. The maximum Gasteiger partial charge on any atom is 0.194 e. The molecule has 1 aliphatic carbocycles. The van der Waals surface area contributed by atoms with E-state index < -0.39 is 0 Å². The first-order valence-corrected chi connectivity index (χ1v) is 11.2. The van der Waals surface area contributed by atoms with Gasteiger partial charge in [0.05, 0.1) is 19.8 Å². The predicted octanol–water partition coefficient (Wildman–Crippen LogP) is 3.72. The number of fused-ring (bicyclic) bond motifs is 1. The lowest BCUT2D eigenvalue weighted by Gasteiger charge is -2.26. The van der Waals surface area contributed by atoms with Crippen LogP contribution in [0.15, 0.2) is 29.3 Å². The van der Waals surface area contributed by atoms with Crippen LogP contribution in [0.4, 0.5) is 0 Å². The predicted molar refractivity (Wildman–Crippen MR) is 130 cm³/mol. The van der Waals surface area contributed by atoms with E-state index in [2.05, 4.69) is 46.3 Å². The Morgan fingerprint density at radius 1 is 1.03 bits per heavy atom. The highest BCUT2D eigenvalue weighted by molar-refractivity contribution is 14.0. The van der Waals surface area contributed by atoms with E-state index in [9.17, 15) is 0 Å². The summed E-state index contributed by atoms with van der Waals surface area (Å²) in [6.45, 7) is 11.0. The van der Waals surface area contributed by atoms with Gasteiger partial charge >= 0.3 is 0 Å². The van der Waals surface area contributed by atoms with Gasteiger partial charge in [0, 0.05) is 39.3 Å². The van der Waals surface area contributed by atoms with Crippen molar-refractivity contribution < 1.29 is 4.74 Å². The summed E-state index contributed by atoms with van der Waals surface area (Å²) in [6, 6.07) is 9.01. The number of aliphatic imine (C=N–C) groups is 1. The van der Waals surface area contributed by atoms with Gasteiger partial charge in [-0.3, -0.25) is 4.90 Å². The smallest absolute Gasteiger partial charge is 0.194 e. The molecule has 2 atom stereocenters. The van der Waals surface area contributed by atoms with E-state index in [-0.39, 0.29) is 24.0 Å². The number of ether oxygens (including phenoxy) is 1. The number of likely N-dealkylation sites (tertiary alicyclic amines) is 1. The molecule has 6 heteroatoms. The summed E-state index contributed by atoms with van der Waals surface area (Å²) < 4.78 is 5.44. The van der Waals surface area contributed by atoms with Crippen LogP contribution in [0.25, 0.3) is 0 Å². The first kappa shape index (κ1) is 22.8. The largest absolute Gasteiger partial charge is 0.379 e. The molecule has 0 spiro atoms. The molecule has 0 bridgehead atoms. The average Bonchev–Trinajstić information content (AvgIpc) is 3.17. The Kier molecular flexibility index (Phi) is 9.06. The Bertz CT molecular complexity index is 631. The lowest BCUT2D eigenvalue weighted by atomic mass is 9.82. The Hall–Kier alpha value is -0.860. The van der Waals surface area contributed by atoms with Crippen molar-refractivity contribution in [2.24, 2.45) is 16.8 Å². The molecule has 0 aromatic heterocycles. The molecule has 2 unspecified atom stereocenters. The van der Waals surface area contributed by atoms with E-state index >= 15 is 0 Å². The number of nitrogens with zero attached hydrogens (tertiary/aromatic N) is 3. The van der Waals surface area contributed by atoms with Crippen molar-refractivity contribution >= 4 is 29.9 Å². The fourth-order valence-corrected chi connectivity index (χ4v) is 4.94. The molecule has 1 aromatic carbocycles. The van der Waals surface area contributed by atoms with Crippen LogP contribution in [0.5, 0.6) is 0 Å². The highest BCUT2D eigenvalue weighted by atomic mass is 127. The van der Waals surface area contributed by atoms with Crippen molar-refractivity contribution in [2.45, 2.75) is 45.7 Å². The molecule has 1 saturated carbocycles. The highest BCUT2D eigenvalue weighted by Crippen LogP contribution is 2.36. The van der Waals surface area contributed by atoms with Crippen LogP contribution < -0.4 is 5.32 Å². The van der Waals surface area contributed by atoms with Gasteiger partial charge in [-0.25, -0.2) is 4.99 Å². The zero-order valence-electron chi connectivity index (χ0n) is 17.8. The van der Waals surface area contributed by atoms with Gasteiger partial charge in [-0.05, 0) is 42.7 Å². The Balaban J connectivity index is 0.00000240. The van der Waals surface area contributed by atoms with Gasteiger partial charge in [0.2, 0.25) is 0 Å². The molecule has 5 nitrogen and oxygen atoms in total. The van der Waals surface area contributed by atoms with Crippen molar-refractivity contribution in [2.75, 3.05) is 45.9 Å². The lowest BCUT2D eigenvalue weighted by Crippen LogP contribution is -2.40. The molecule has 2 heterocycles. The first-order chi connectivity index (χ1) is 13.8. The van der Waals surface area contributed by atoms with Crippen LogP contribution in [-0.2, 0) is 17.8 Å². The number of halogens is 1. The summed E-state index contributed by atoms with van der Waals surface area (Å²) in [5, 5.41) is 3.53. The van der Waals surface area contributed by atoms with Gasteiger partial charge in [0.1, 0.15) is 0 Å². The second kappa shape index (κ2) is 11.5. The zero-order chi connectivity index (χ0) is 19.2. The fraction of sp³-hybridized carbons (Fsp3) is 0.696. The van der Waals surface area contributed by atoms with Crippen LogP contribution >= 0.6 is 24.0 Å². The van der Waals surface area contributed by atoms with Crippen LogP contribution in [0.2, 0.25) is 0 Å². The minimum absolute atomic E-state index is 0. The SMILES string of the molecule is CCNC(=NCc1ccc(CN2CCOCC2)cc1)N1CC2CCCCC2C1.I. The number of benzene rings is 1. The maximum absolute atomic E-state index is 5.44. The fourth-order valence-electron chi connectivity index (χ4n) is 4.94. The molecule has 4 rings (SSSR count). The molecular weight excluding hydrogens is 475 g/mol. The van der Waals surface area contributed by atoms with Gasteiger partial charge in [-0.15, -0.1) is 24.0 Å². The van der Waals surface area contributed by atoms with Crippen molar-refractivity contribution in [1.29, 1.82) is 0 Å². The summed E-state index contributed by atoms with van der Waals surface area (Å²) in [5.41, 5.74) is 2.67. The molecule has 162 valence electrons. The van der Waals surface area contributed by atoms with E-state index in [1.807, 2.05) is 0 Å². The van der Waals surface area contributed by atoms with Crippen LogP contribution in [0.3, 0.4) is 0 Å². The van der Waals surface area contributed by atoms with E-state index in [0.29, 0.717) is 0 Å². The van der Waals surface area contributed by atoms with E-state index in [1.165, 1.54) is 49.9 Å². The molecule has 1 aromatic rings. The molecule has 0 radical (unpaired) electrons. The summed E-state index contributed by atoms with van der Waals surface area (Å²) in [7, 11) is 0. The van der Waals surface area contributed by atoms with Crippen molar-refractivity contribution in [3.8, 4) is 0 Å². The maximum atomic E-state index is 5.44. The van der Waals surface area contributed by atoms with E-state index in [0.717, 1.165) is 63.7 Å². The molecule has 3 aliphatic rings. The molecule has 1 N–H and O–H groups in total.